The number of hydrogen-bond donors (Lipinski definition) is 1. The minimum Gasteiger partial charge on any atom is -0.337 e. The molecule has 1 heterocycles. The molecule has 2 saturated carbocycles. The number of carbonyl (C=O) groups excluding carboxylic acids is 1. The SMILES string of the molecule is CC1(C(=O)N2CCC3(N)CCCCC23)CC1. The lowest BCUT2D eigenvalue weighted by Crippen LogP contribution is -2.55. The Morgan fingerprint density at radius 3 is 2.69 bits per heavy atom. The maximum atomic E-state index is 12.4. The third kappa shape index (κ3) is 1.41. The lowest BCUT2D eigenvalue weighted by atomic mass is 9.78. The van der Waals surface area contributed by atoms with Gasteiger partial charge in [0.1, 0.15) is 0 Å². The van der Waals surface area contributed by atoms with E-state index in [-0.39, 0.29) is 11.0 Å². The van der Waals surface area contributed by atoms with Crippen molar-refractivity contribution < 1.29 is 4.79 Å². The number of nitrogens with two attached hydrogens (primary N) is 1. The number of fused-ring (bicyclic) bond motifs is 1. The van der Waals surface area contributed by atoms with Crippen molar-refractivity contribution >= 4 is 5.91 Å². The molecule has 0 aromatic heterocycles. The summed E-state index contributed by atoms with van der Waals surface area (Å²) >= 11 is 0. The number of amides is 1. The van der Waals surface area contributed by atoms with Gasteiger partial charge in [0, 0.05) is 23.5 Å². The first kappa shape index (κ1) is 10.6. The molecule has 1 saturated heterocycles. The summed E-state index contributed by atoms with van der Waals surface area (Å²) in [4.78, 5) is 14.5. The number of carbonyl (C=O) groups is 1. The first-order chi connectivity index (χ1) is 7.55. The second-order valence-electron chi connectivity index (χ2n) is 6.30. The van der Waals surface area contributed by atoms with Crippen LogP contribution < -0.4 is 5.73 Å². The van der Waals surface area contributed by atoms with Crippen LogP contribution in [0.25, 0.3) is 0 Å². The molecule has 2 aliphatic carbocycles. The van der Waals surface area contributed by atoms with Gasteiger partial charge in [-0.1, -0.05) is 19.8 Å². The molecule has 1 amide bonds. The zero-order valence-electron chi connectivity index (χ0n) is 10.2. The number of likely N-dealkylation sites (tertiary alicyclic amines) is 1. The molecule has 3 heteroatoms. The maximum Gasteiger partial charge on any atom is 0.228 e. The highest BCUT2D eigenvalue weighted by molar-refractivity contribution is 5.85. The van der Waals surface area contributed by atoms with E-state index in [1.54, 1.807) is 0 Å². The Kier molecular flexibility index (Phi) is 2.13. The summed E-state index contributed by atoms with van der Waals surface area (Å²) in [6, 6.07) is 0.339. The second kappa shape index (κ2) is 3.22. The molecule has 90 valence electrons. The average molecular weight is 222 g/mol. The van der Waals surface area contributed by atoms with E-state index in [1.165, 1.54) is 12.8 Å². The molecule has 1 aliphatic heterocycles. The monoisotopic (exact) mass is 222 g/mol. The summed E-state index contributed by atoms with van der Waals surface area (Å²) in [6.07, 6.45) is 7.88. The topological polar surface area (TPSA) is 46.3 Å². The van der Waals surface area contributed by atoms with Crippen LogP contribution >= 0.6 is 0 Å². The van der Waals surface area contributed by atoms with Gasteiger partial charge in [-0.3, -0.25) is 4.79 Å². The van der Waals surface area contributed by atoms with Gasteiger partial charge in [-0.25, -0.2) is 0 Å². The van der Waals surface area contributed by atoms with Gasteiger partial charge >= 0.3 is 0 Å². The van der Waals surface area contributed by atoms with E-state index in [4.69, 9.17) is 5.73 Å². The van der Waals surface area contributed by atoms with Gasteiger partial charge in [-0.15, -0.1) is 0 Å². The van der Waals surface area contributed by atoms with Crippen molar-refractivity contribution in [2.75, 3.05) is 6.54 Å². The van der Waals surface area contributed by atoms with E-state index in [1.807, 2.05) is 0 Å². The molecule has 2 N–H and O–H groups in total. The zero-order valence-corrected chi connectivity index (χ0v) is 10.2. The average Bonchev–Trinajstić information content (AvgIpc) is 2.91. The number of hydrogen-bond acceptors (Lipinski definition) is 2. The predicted molar refractivity (Wildman–Crippen MR) is 62.8 cm³/mol. The molecule has 0 bridgehead atoms. The van der Waals surface area contributed by atoms with Crippen LogP contribution in [-0.2, 0) is 4.79 Å². The van der Waals surface area contributed by atoms with Crippen LogP contribution in [0, 0.1) is 5.41 Å². The van der Waals surface area contributed by atoms with Crippen molar-refractivity contribution in [2.45, 2.75) is 63.5 Å². The van der Waals surface area contributed by atoms with Gasteiger partial charge in [0.15, 0.2) is 0 Å². The van der Waals surface area contributed by atoms with Crippen LogP contribution in [0.4, 0.5) is 0 Å². The smallest absolute Gasteiger partial charge is 0.228 e. The van der Waals surface area contributed by atoms with E-state index < -0.39 is 0 Å². The Hall–Kier alpha value is -0.570. The Balaban J connectivity index is 1.80. The maximum absolute atomic E-state index is 12.4. The molecular weight excluding hydrogens is 200 g/mol. The normalized spacial score (nSPS) is 40.6. The summed E-state index contributed by atoms with van der Waals surface area (Å²) in [5.74, 6) is 0.381. The van der Waals surface area contributed by atoms with Crippen LogP contribution in [0.3, 0.4) is 0 Å². The minimum absolute atomic E-state index is 0.0251. The fourth-order valence-corrected chi connectivity index (χ4v) is 3.48. The fraction of sp³-hybridized carbons (Fsp3) is 0.923. The van der Waals surface area contributed by atoms with Gasteiger partial charge in [-0.05, 0) is 32.1 Å². The molecule has 0 radical (unpaired) electrons. The first-order valence-corrected chi connectivity index (χ1v) is 6.65. The molecule has 2 unspecified atom stereocenters. The molecule has 16 heavy (non-hydrogen) atoms. The van der Waals surface area contributed by atoms with E-state index in [2.05, 4.69) is 11.8 Å². The Labute approximate surface area is 97.4 Å². The van der Waals surface area contributed by atoms with Crippen molar-refractivity contribution in [1.82, 2.24) is 4.90 Å². The van der Waals surface area contributed by atoms with Crippen molar-refractivity contribution in [2.24, 2.45) is 11.1 Å². The first-order valence-electron chi connectivity index (χ1n) is 6.65. The molecule has 0 aromatic rings. The summed E-state index contributed by atoms with van der Waals surface area (Å²) < 4.78 is 0. The lowest BCUT2D eigenvalue weighted by molar-refractivity contribution is -0.138. The predicted octanol–water partition coefficient (Wildman–Crippen LogP) is 1.66. The van der Waals surface area contributed by atoms with Crippen LogP contribution in [0.15, 0.2) is 0 Å². The second-order valence-corrected chi connectivity index (χ2v) is 6.30. The van der Waals surface area contributed by atoms with Gasteiger partial charge in [-0.2, -0.15) is 0 Å². The third-order valence-corrected chi connectivity index (χ3v) is 5.00. The van der Waals surface area contributed by atoms with Gasteiger partial charge < -0.3 is 10.6 Å². The van der Waals surface area contributed by atoms with E-state index >= 15 is 0 Å². The largest absolute Gasteiger partial charge is 0.337 e. The van der Waals surface area contributed by atoms with E-state index in [0.29, 0.717) is 11.9 Å². The summed E-state index contributed by atoms with van der Waals surface area (Å²) in [6.45, 7) is 3.00. The molecule has 3 aliphatic rings. The van der Waals surface area contributed by atoms with Gasteiger partial charge in [0.05, 0.1) is 0 Å². The molecule has 3 nitrogen and oxygen atoms in total. The van der Waals surface area contributed by atoms with E-state index in [9.17, 15) is 4.79 Å². The van der Waals surface area contributed by atoms with Crippen molar-refractivity contribution in [1.29, 1.82) is 0 Å². The molecule has 2 atom stereocenters. The molecular formula is C13H22N2O. The van der Waals surface area contributed by atoms with E-state index in [0.717, 1.165) is 38.6 Å². The lowest BCUT2D eigenvalue weighted by Gasteiger charge is -2.39. The van der Waals surface area contributed by atoms with Gasteiger partial charge in [0.25, 0.3) is 0 Å². The summed E-state index contributed by atoms with van der Waals surface area (Å²) in [5, 5.41) is 0. The quantitative estimate of drug-likeness (QED) is 0.733. The van der Waals surface area contributed by atoms with Crippen molar-refractivity contribution in [3.05, 3.63) is 0 Å². The Morgan fingerprint density at radius 2 is 2.00 bits per heavy atom. The van der Waals surface area contributed by atoms with Crippen molar-refractivity contribution in [3.63, 3.8) is 0 Å². The number of rotatable bonds is 1. The Bertz CT molecular complexity index is 324. The fourth-order valence-electron chi connectivity index (χ4n) is 3.48. The van der Waals surface area contributed by atoms with Crippen molar-refractivity contribution in [3.8, 4) is 0 Å². The number of nitrogens with zero attached hydrogens (tertiary/aromatic N) is 1. The molecule has 0 aromatic carbocycles. The minimum atomic E-state index is -0.0564. The van der Waals surface area contributed by atoms with Crippen LogP contribution in [0.1, 0.15) is 51.9 Å². The summed E-state index contributed by atoms with van der Waals surface area (Å²) in [7, 11) is 0. The highest BCUT2D eigenvalue weighted by Crippen LogP contribution is 2.49. The standard InChI is InChI=1S/C13H22N2O/c1-12(6-7-12)11(16)15-9-8-13(14)5-3-2-4-10(13)15/h10H,2-9,14H2,1H3. The van der Waals surface area contributed by atoms with Crippen LogP contribution in [0.5, 0.6) is 0 Å². The summed E-state index contributed by atoms with van der Waals surface area (Å²) in [5.41, 5.74) is 6.38. The van der Waals surface area contributed by atoms with Gasteiger partial charge in [0.2, 0.25) is 5.91 Å². The molecule has 3 rings (SSSR count). The zero-order chi connectivity index (χ0) is 11.4. The molecule has 3 fully saturated rings. The third-order valence-electron chi connectivity index (χ3n) is 5.00. The Morgan fingerprint density at radius 1 is 1.25 bits per heavy atom. The highest BCUT2D eigenvalue weighted by atomic mass is 16.2. The van der Waals surface area contributed by atoms with Crippen LogP contribution in [-0.4, -0.2) is 28.9 Å². The highest BCUT2D eigenvalue weighted by Gasteiger charge is 2.54. The van der Waals surface area contributed by atoms with Crippen LogP contribution in [0.2, 0.25) is 0 Å². The molecule has 0 spiro atoms.